The fourth-order valence-electron chi connectivity index (χ4n) is 2.30. The lowest BCUT2D eigenvalue weighted by Gasteiger charge is -2.23. The van der Waals surface area contributed by atoms with Gasteiger partial charge in [-0.1, -0.05) is 11.6 Å². The van der Waals surface area contributed by atoms with E-state index in [1.54, 1.807) is 6.92 Å². The van der Waals surface area contributed by atoms with Gasteiger partial charge in [-0.05, 0) is 38.0 Å². The van der Waals surface area contributed by atoms with Crippen molar-refractivity contribution in [1.29, 1.82) is 0 Å². The van der Waals surface area contributed by atoms with E-state index < -0.39 is 17.6 Å². The molecule has 0 saturated carbocycles. The smallest absolute Gasteiger partial charge is 0.313 e. The summed E-state index contributed by atoms with van der Waals surface area (Å²) in [5, 5.41) is 2.49. The minimum absolute atomic E-state index is 0.0380. The average molecular weight is 329 g/mol. The Hall–Kier alpha value is -1.66. The number of halogens is 2. The fraction of sp³-hybridized carbons (Fsp3) is 0.467. The van der Waals surface area contributed by atoms with Crippen LogP contribution in [-0.4, -0.2) is 42.5 Å². The van der Waals surface area contributed by atoms with Gasteiger partial charge in [0.1, 0.15) is 5.82 Å². The zero-order valence-electron chi connectivity index (χ0n) is 12.3. The summed E-state index contributed by atoms with van der Waals surface area (Å²) in [6, 6.07) is 3.83. The zero-order chi connectivity index (χ0) is 16.1. The third kappa shape index (κ3) is 4.18. The van der Waals surface area contributed by atoms with Crippen molar-refractivity contribution in [2.45, 2.75) is 25.9 Å². The average Bonchev–Trinajstić information content (AvgIpc) is 3.00. The van der Waals surface area contributed by atoms with Gasteiger partial charge in [-0.3, -0.25) is 9.59 Å². The Bertz CT molecular complexity index is 562. The fourth-order valence-corrected chi connectivity index (χ4v) is 2.46. The molecule has 0 aromatic heterocycles. The highest BCUT2D eigenvalue weighted by Crippen LogP contribution is 2.19. The molecule has 0 spiro atoms. The topological polar surface area (TPSA) is 58.6 Å². The van der Waals surface area contributed by atoms with Gasteiger partial charge in [0.05, 0.1) is 11.8 Å². The number of likely N-dealkylation sites (N-methyl/N-ethyl adjacent to an activating group) is 1. The van der Waals surface area contributed by atoms with Crippen molar-refractivity contribution in [3.8, 4) is 0 Å². The van der Waals surface area contributed by atoms with E-state index in [0.717, 1.165) is 18.9 Å². The molecule has 0 bridgehead atoms. The van der Waals surface area contributed by atoms with E-state index in [2.05, 4.69) is 5.32 Å². The first-order valence-electron chi connectivity index (χ1n) is 7.18. The number of carbonyl (C=O) groups excluding carboxylic acids is 2. The van der Waals surface area contributed by atoms with Gasteiger partial charge in [-0.15, -0.1) is 0 Å². The molecule has 1 heterocycles. The Labute approximate surface area is 133 Å². The molecule has 5 nitrogen and oxygen atoms in total. The second-order valence-electron chi connectivity index (χ2n) is 5.06. The standard InChI is InChI=1S/C15H18ClFN2O3/c1-2-19(9-11-4-3-7-22-11)15(21)14(20)18-13-6-5-10(16)8-12(13)17/h5-6,8,11H,2-4,7,9H2,1H3,(H,18,20)/t11-/m1/s1. The third-order valence-corrected chi connectivity index (χ3v) is 3.73. The van der Waals surface area contributed by atoms with E-state index in [-0.39, 0.29) is 16.8 Å². The molecule has 1 aliphatic rings. The van der Waals surface area contributed by atoms with Gasteiger partial charge in [0.15, 0.2) is 0 Å². The van der Waals surface area contributed by atoms with Crippen LogP contribution in [0.15, 0.2) is 18.2 Å². The van der Waals surface area contributed by atoms with Crippen molar-refractivity contribution >= 4 is 29.1 Å². The molecule has 2 rings (SSSR count). The number of carbonyl (C=O) groups is 2. The molecule has 0 radical (unpaired) electrons. The maximum atomic E-state index is 13.6. The number of amides is 2. The maximum Gasteiger partial charge on any atom is 0.313 e. The van der Waals surface area contributed by atoms with Gasteiger partial charge in [0, 0.05) is 24.7 Å². The largest absolute Gasteiger partial charge is 0.376 e. The summed E-state index contributed by atoms with van der Waals surface area (Å²) in [6.07, 6.45) is 1.79. The van der Waals surface area contributed by atoms with Crippen molar-refractivity contribution in [3.05, 3.63) is 29.0 Å². The first kappa shape index (κ1) is 16.7. The first-order chi connectivity index (χ1) is 10.5. The van der Waals surface area contributed by atoms with Crippen molar-refractivity contribution in [1.82, 2.24) is 4.90 Å². The van der Waals surface area contributed by atoms with Gasteiger partial charge >= 0.3 is 11.8 Å². The molecule has 0 unspecified atom stereocenters. The van der Waals surface area contributed by atoms with Crippen LogP contribution in [0, 0.1) is 5.82 Å². The van der Waals surface area contributed by atoms with Crippen LogP contribution in [0.4, 0.5) is 10.1 Å². The molecule has 22 heavy (non-hydrogen) atoms. The van der Waals surface area contributed by atoms with E-state index in [9.17, 15) is 14.0 Å². The summed E-state index contributed by atoms with van der Waals surface area (Å²) < 4.78 is 19.1. The number of hydrogen-bond donors (Lipinski definition) is 1. The zero-order valence-corrected chi connectivity index (χ0v) is 13.0. The molecule has 120 valence electrons. The molecule has 1 aromatic carbocycles. The summed E-state index contributed by atoms with van der Waals surface area (Å²) in [6.45, 7) is 3.21. The van der Waals surface area contributed by atoms with E-state index in [4.69, 9.17) is 16.3 Å². The van der Waals surface area contributed by atoms with Crippen LogP contribution >= 0.6 is 11.6 Å². The number of nitrogens with zero attached hydrogens (tertiary/aromatic N) is 1. The number of benzene rings is 1. The molecular weight excluding hydrogens is 311 g/mol. The van der Waals surface area contributed by atoms with Crippen molar-refractivity contribution in [2.75, 3.05) is 25.0 Å². The van der Waals surface area contributed by atoms with Gasteiger partial charge in [0.25, 0.3) is 0 Å². The third-order valence-electron chi connectivity index (χ3n) is 3.49. The number of hydrogen-bond acceptors (Lipinski definition) is 3. The highest BCUT2D eigenvalue weighted by molar-refractivity contribution is 6.39. The van der Waals surface area contributed by atoms with Gasteiger partial charge in [-0.25, -0.2) is 4.39 Å². The summed E-state index contributed by atoms with van der Waals surface area (Å²) >= 11 is 5.64. The van der Waals surface area contributed by atoms with E-state index >= 15 is 0 Å². The maximum absolute atomic E-state index is 13.6. The molecule has 1 atom stereocenters. The second kappa shape index (κ2) is 7.56. The predicted molar refractivity (Wildman–Crippen MR) is 81.3 cm³/mol. The minimum Gasteiger partial charge on any atom is -0.376 e. The quantitative estimate of drug-likeness (QED) is 0.864. The molecule has 1 fully saturated rings. The second-order valence-corrected chi connectivity index (χ2v) is 5.49. The Morgan fingerprint density at radius 3 is 2.86 bits per heavy atom. The van der Waals surface area contributed by atoms with Crippen LogP contribution in [0.2, 0.25) is 5.02 Å². The van der Waals surface area contributed by atoms with Crippen LogP contribution in [0.3, 0.4) is 0 Å². The minimum atomic E-state index is -0.874. The van der Waals surface area contributed by atoms with Gasteiger partial charge in [0.2, 0.25) is 0 Å². The van der Waals surface area contributed by atoms with Crippen molar-refractivity contribution < 1.29 is 18.7 Å². The Balaban J connectivity index is 1.98. The predicted octanol–water partition coefficient (Wildman–Crippen LogP) is 2.45. The van der Waals surface area contributed by atoms with Crippen LogP contribution in [0.1, 0.15) is 19.8 Å². The molecule has 7 heteroatoms. The molecular formula is C15H18ClFN2O3. The van der Waals surface area contributed by atoms with Gasteiger partial charge in [-0.2, -0.15) is 0 Å². The number of ether oxygens (including phenoxy) is 1. The molecule has 0 aliphatic carbocycles. The number of rotatable bonds is 4. The Morgan fingerprint density at radius 1 is 1.50 bits per heavy atom. The summed E-state index contributed by atoms with van der Waals surface area (Å²) in [5.74, 6) is -2.26. The molecule has 1 aromatic rings. The Kier molecular flexibility index (Phi) is 5.74. The lowest BCUT2D eigenvalue weighted by Crippen LogP contribution is -2.43. The van der Waals surface area contributed by atoms with E-state index in [1.807, 2.05) is 0 Å². The summed E-state index contributed by atoms with van der Waals surface area (Å²) in [7, 11) is 0. The van der Waals surface area contributed by atoms with Crippen LogP contribution in [-0.2, 0) is 14.3 Å². The number of nitrogens with one attached hydrogen (secondary N) is 1. The van der Waals surface area contributed by atoms with Gasteiger partial charge < -0.3 is 15.0 Å². The van der Waals surface area contributed by atoms with Crippen molar-refractivity contribution in [3.63, 3.8) is 0 Å². The first-order valence-corrected chi connectivity index (χ1v) is 7.56. The summed E-state index contributed by atoms with van der Waals surface area (Å²) in [5.41, 5.74) is -0.0732. The van der Waals surface area contributed by atoms with Crippen LogP contribution in [0.5, 0.6) is 0 Å². The molecule has 2 amide bonds. The van der Waals surface area contributed by atoms with E-state index in [0.29, 0.717) is 19.7 Å². The SMILES string of the molecule is CCN(C[C@H]1CCCO1)C(=O)C(=O)Nc1ccc(Cl)cc1F. The number of anilines is 1. The van der Waals surface area contributed by atoms with Crippen molar-refractivity contribution in [2.24, 2.45) is 0 Å². The normalized spacial score (nSPS) is 17.3. The van der Waals surface area contributed by atoms with Crippen LogP contribution < -0.4 is 5.32 Å². The lowest BCUT2D eigenvalue weighted by atomic mass is 10.2. The highest BCUT2D eigenvalue weighted by atomic mass is 35.5. The monoisotopic (exact) mass is 328 g/mol. The molecule has 1 saturated heterocycles. The van der Waals surface area contributed by atoms with Crippen LogP contribution in [0.25, 0.3) is 0 Å². The Morgan fingerprint density at radius 2 is 2.27 bits per heavy atom. The lowest BCUT2D eigenvalue weighted by molar-refractivity contribution is -0.144. The van der Waals surface area contributed by atoms with E-state index in [1.165, 1.54) is 17.0 Å². The molecule has 1 aliphatic heterocycles. The summed E-state index contributed by atoms with van der Waals surface area (Å²) in [4.78, 5) is 25.5. The highest BCUT2D eigenvalue weighted by Gasteiger charge is 2.26. The molecule has 1 N–H and O–H groups in total.